The van der Waals surface area contributed by atoms with Crippen molar-refractivity contribution < 1.29 is 38.4 Å². The summed E-state index contributed by atoms with van der Waals surface area (Å²) in [6, 6.07) is 5.62. The molecule has 0 saturated carbocycles. The predicted octanol–water partition coefficient (Wildman–Crippen LogP) is 6.41. The van der Waals surface area contributed by atoms with Gasteiger partial charge in [-0.1, -0.05) is 33.8 Å². The van der Waals surface area contributed by atoms with E-state index >= 15 is 0 Å². The molecule has 9 nitrogen and oxygen atoms in total. The van der Waals surface area contributed by atoms with Gasteiger partial charge in [-0.15, -0.1) is 0 Å². The first kappa shape index (κ1) is 34.7. The Bertz CT molecular complexity index is 1000. The van der Waals surface area contributed by atoms with E-state index in [0.717, 1.165) is 18.4 Å². The molecule has 1 aliphatic heterocycles. The summed E-state index contributed by atoms with van der Waals surface area (Å²) < 4.78 is 29.0. The Kier molecular flexibility index (Phi) is 12.3. The zero-order valence-corrected chi connectivity index (χ0v) is 27.0. The second kappa shape index (κ2) is 14.6. The number of amides is 1. The molecule has 2 rings (SSSR count). The summed E-state index contributed by atoms with van der Waals surface area (Å²) in [6.07, 6.45) is 1.21. The van der Waals surface area contributed by atoms with E-state index in [1.807, 2.05) is 59.7 Å². The van der Waals surface area contributed by atoms with Gasteiger partial charge in [0.05, 0.1) is 31.8 Å². The normalized spacial score (nSPS) is 20.9. The minimum atomic E-state index is -0.963. The molecule has 1 fully saturated rings. The smallest absolute Gasteiger partial charge is 0.412 e. The van der Waals surface area contributed by atoms with Crippen molar-refractivity contribution in [3.05, 3.63) is 23.8 Å². The van der Waals surface area contributed by atoms with Crippen molar-refractivity contribution in [3.63, 3.8) is 0 Å². The molecule has 0 bridgehead atoms. The number of rotatable bonds is 14. The van der Waals surface area contributed by atoms with E-state index in [2.05, 4.69) is 13.8 Å². The summed E-state index contributed by atoms with van der Waals surface area (Å²) in [7, 11) is 3.29. The third kappa shape index (κ3) is 9.50. The van der Waals surface area contributed by atoms with Crippen LogP contribution in [-0.4, -0.2) is 73.0 Å². The molecule has 5 atom stereocenters. The lowest BCUT2D eigenvalue weighted by Gasteiger charge is -2.37. The summed E-state index contributed by atoms with van der Waals surface area (Å²) in [6.45, 7) is 18.3. The molecule has 9 heteroatoms. The van der Waals surface area contributed by atoms with Crippen LogP contribution in [0.15, 0.2) is 18.2 Å². The third-order valence-electron chi connectivity index (χ3n) is 7.97. The van der Waals surface area contributed by atoms with E-state index in [-0.39, 0.29) is 23.8 Å². The lowest BCUT2D eigenvalue weighted by Crippen LogP contribution is -2.51. The monoisotopic (exact) mass is 579 g/mol. The van der Waals surface area contributed by atoms with E-state index in [4.69, 9.17) is 23.7 Å². The van der Waals surface area contributed by atoms with Gasteiger partial charge in [-0.3, -0.25) is 9.69 Å². The Balaban J connectivity index is 2.42. The van der Waals surface area contributed by atoms with Crippen LogP contribution in [0.25, 0.3) is 0 Å². The number of carboxylic acids is 1. The molecular formula is C32H53NO8. The Morgan fingerprint density at radius 1 is 1.07 bits per heavy atom. The molecule has 1 amide bonds. The number of aliphatic carboxylic acids is 1. The van der Waals surface area contributed by atoms with Gasteiger partial charge in [0.15, 0.2) is 11.5 Å². The van der Waals surface area contributed by atoms with E-state index in [9.17, 15) is 14.7 Å². The Labute approximate surface area is 246 Å². The standard InChI is InChI=1S/C32H53NO8/c1-20(2)24(17-23-13-14-26(38-11)27(18-23)39-16-12-15-37-10)19-25-28(21(3)22(4)29(34)35)40-32(8,9)33(25)30(36)41-31(5,6)7/h13-14,18,20-22,24-25,28H,12,15-17,19H2,1-11H3,(H,34,35)/t21?,22?,24-,25?,28?/m1/s1. The van der Waals surface area contributed by atoms with Gasteiger partial charge in [0, 0.05) is 20.1 Å². The minimum Gasteiger partial charge on any atom is -0.493 e. The van der Waals surface area contributed by atoms with Crippen LogP contribution < -0.4 is 9.47 Å². The number of ether oxygens (including phenoxy) is 5. The average molecular weight is 580 g/mol. The van der Waals surface area contributed by atoms with E-state index in [1.165, 1.54) is 0 Å². The van der Waals surface area contributed by atoms with Crippen LogP contribution >= 0.6 is 0 Å². The van der Waals surface area contributed by atoms with Crippen LogP contribution in [0.4, 0.5) is 4.79 Å². The maximum atomic E-state index is 13.6. The molecule has 0 aliphatic carbocycles. The lowest BCUT2D eigenvalue weighted by atomic mass is 9.79. The lowest BCUT2D eigenvalue weighted by molar-refractivity contribution is -0.146. The number of hydrogen-bond donors (Lipinski definition) is 1. The van der Waals surface area contributed by atoms with Crippen molar-refractivity contribution in [1.82, 2.24) is 4.90 Å². The highest BCUT2D eigenvalue weighted by molar-refractivity contribution is 5.71. The number of carbonyl (C=O) groups is 2. The first-order valence-corrected chi connectivity index (χ1v) is 14.7. The summed E-state index contributed by atoms with van der Waals surface area (Å²) in [5.74, 6) is -0.0619. The number of nitrogens with zero attached hydrogens (tertiary/aromatic N) is 1. The van der Waals surface area contributed by atoms with Crippen LogP contribution in [0.2, 0.25) is 0 Å². The van der Waals surface area contributed by atoms with Gasteiger partial charge in [-0.25, -0.2) is 4.79 Å². The van der Waals surface area contributed by atoms with E-state index < -0.39 is 35.4 Å². The molecule has 0 radical (unpaired) electrons. The first-order chi connectivity index (χ1) is 19.0. The van der Waals surface area contributed by atoms with Crippen molar-refractivity contribution in [3.8, 4) is 11.5 Å². The number of benzene rings is 1. The van der Waals surface area contributed by atoms with Crippen molar-refractivity contribution in [2.75, 3.05) is 27.4 Å². The number of carbonyl (C=O) groups excluding carboxylic acids is 1. The SMILES string of the molecule is COCCCOc1cc(C[C@H](CC2C(C(C)C(C)C(=O)O)OC(C)(C)N2C(=O)OC(C)(C)C)C(C)C)ccc1OC. The van der Waals surface area contributed by atoms with Crippen molar-refractivity contribution in [1.29, 1.82) is 0 Å². The second-order valence-corrected chi connectivity index (χ2v) is 13.1. The molecule has 1 saturated heterocycles. The molecule has 1 aromatic carbocycles. The van der Waals surface area contributed by atoms with Gasteiger partial charge in [0.25, 0.3) is 0 Å². The topological polar surface area (TPSA) is 104 Å². The fraction of sp³-hybridized carbons (Fsp3) is 0.750. The molecule has 1 aromatic rings. The zero-order chi connectivity index (χ0) is 31.1. The van der Waals surface area contributed by atoms with Crippen LogP contribution in [0.1, 0.15) is 80.7 Å². The molecule has 1 heterocycles. The Morgan fingerprint density at radius 3 is 2.27 bits per heavy atom. The van der Waals surface area contributed by atoms with Crippen LogP contribution in [-0.2, 0) is 25.4 Å². The average Bonchev–Trinajstić information content (AvgIpc) is 3.14. The van der Waals surface area contributed by atoms with Gasteiger partial charge in [0.1, 0.15) is 11.3 Å². The summed E-state index contributed by atoms with van der Waals surface area (Å²) in [4.78, 5) is 27.2. The summed E-state index contributed by atoms with van der Waals surface area (Å²) in [5.41, 5.74) is -0.554. The number of methoxy groups -OCH3 is 2. The predicted molar refractivity (Wildman–Crippen MR) is 158 cm³/mol. The Hall–Kier alpha value is -2.52. The van der Waals surface area contributed by atoms with Crippen molar-refractivity contribution in [2.24, 2.45) is 23.7 Å². The third-order valence-corrected chi connectivity index (χ3v) is 7.97. The van der Waals surface area contributed by atoms with E-state index in [0.29, 0.717) is 31.1 Å². The van der Waals surface area contributed by atoms with Crippen molar-refractivity contribution in [2.45, 2.75) is 105 Å². The maximum absolute atomic E-state index is 13.6. The molecular weight excluding hydrogens is 526 g/mol. The molecule has 1 aliphatic rings. The minimum absolute atomic E-state index is 0.159. The van der Waals surface area contributed by atoms with Crippen LogP contribution in [0.5, 0.6) is 11.5 Å². The van der Waals surface area contributed by atoms with Gasteiger partial charge in [-0.2, -0.15) is 0 Å². The van der Waals surface area contributed by atoms with Gasteiger partial charge in [0.2, 0.25) is 0 Å². The highest BCUT2D eigenvalue weighted by atomic mass is 16.6. The molecule has 0 aromatic heterocycles. The molecule has 0 spiro atoms. The highest BCUT2D eigenvalue weighted by Crippen LogP contribution is 2.42. The largest absolute Gasteiger partial charge is 0.493 e. The molecule has 1 N–H and O–H groups in total. The first-order valence-electron chi connectivity index (χ1n) is 14.7. The molecule has 4 unspecified atom stereocenters. The number of hydrogen-bond acceptors (Lipinski definition) is 7. The number of carboxylic acid groups (broad SMARTS) is 1. The summed E-state index contributed by atoms with van der Waals surface area (Å²) in [5, 5.41) is 9.79. The Morgan fingerprint density at radius 2 is 1.73 bits per heavy atom. The second-order valence-electron chi connectivity index (χ2n) is 13.1. The van der Waals surface area contributed by atoms with E-state index in [1.54, 1.807) is 26.0 Å². The zero-order valence-electron chi connectivity index (χ0n) is 27.0. The molecule has 234 valence electrons. The van der Waals surface area contributed by atoms with Crippen molar-refractivity contribution >= 4 is 12.1 Å². The van der Waals surface area contributed by atoms with Gasteiger partial charge < -0.3 is 28.8 Å². The fourth-order valence-corrected chi connectivity index (χ4v) is 5.44. The quantitative estimate of drug-likeness (QED) is 0.252. The van der Waals surface area contributed by atoms with Crippen LogP contribution in [0.3, 0.4) is 0 Å². The highest BCUT2D eigenvalue weighted by Gasteiger charge is 2.54. The van der Waals surface area contributed by atoms with Crippen LogP contribution in [0, 0.1) is 23.7 Å². The fourth-order valence-electron chi connectivity index (χ4n) is 5.44. The summed E-state index contributed by atoms with van der Waals surface area (Å²) >= 11 is 0. The molecule has 41 heavy (non-hydrogen) atoms. The maximum Gasteiger partial charge on any atom is 0.412 e. The van der Waals surface area contributed by atoms with Gasteiger partial charge >= 0.3 is 12.1 Å². The van der Waals surface area contributed by atoms with Gasteiger partial charge in [-0.05, 0) is 82.9 Å².